The minimum Gasteiger partial charge on any atom is -0.370 e. The van der Waals surface area contributed by atoms with Crippen molar-refractivity contribution < 1.29 is 9.18 Å². The van der Waals surface area contributed by atoms with Gasteiger partial charge in [-0.25, -0.2) is 9.37 Å². The molecule has 1 aromatic heterocycles. The minimum absolute atomic E-state index is 0.259. The molecule has 1 amide bonds. The number of nitrogens with zero attached hydrogens (tertiary/aromatic N) is 1. The third kappa shape index (κ3) is 4.26. The molecule has 110 valence electrons. The second-order valence-electron chi connectivity index (χ2n) is 4.39. The number of carbonyl (C=O) groups excluding carboxylic acids is 1. The number of rotatable bonds is 5. The topological polar surface area (TPSA) is 54.0 Å². The molecule has 0 atom stereocenters. The predicted octanol–water partition coefficient (Wildman–Crippen LogP) is 3.35. The Kier molecular flexibility index (Phi) is 5.27. The second-order valence-corrected chi connectivity index (χ2v) is 5.31. The van der Waals surface area contributed by atoms with Crippen molar-refractivity contribution in [1.82, 2.24) is 10.3 Å². The highest BCUT2D eigenvalue weighted by Gasteiger charge is 2.13. The maximum Gasteiger partial charge on any atom is 0.255 e. The van der Waals surface area contributed by atoms with Gasteiger partial charge in [0.1, 0.15) is 11.6 Å². The zero-order valence-electron chi connectivity index (χ0n) is 11.5. The molecule has 0 aliphatic heterocycles. The van der Waals surface area contributed by atoms with E-state index < -0.39 is 0 Å². The van der Waals surface area contributed by atoms with Crippen molar-refractivity contribution in [3.63, 3.8) is 0 Å². The van der Waals surface area contributed by atoms with E-state index in [9.17, 15) is 9.18 Å². The lowest BCUT2D eigenvalue weighted by atomic mass is 10.2. The van der Waals surface area contributed by atoms with Crippen LogP contribution < -0.4 is 10.6 Å². The van der Waals surface area contributed by atoms with Crippen molar-refractivity contribution in [2.24, 2.45) is 0 Å². The Hall–Kier alpha value is -1.95. The van der Waals surface area contributed by atoms with Crippen molar-refractivity contribution in [2.45, 2.75) is 13.5 Å². The molecule has 0 unspecified atom stereocenters. The Bertz CT molecular complexity index is 649. The van der Waals surface area contributed by atoms with Crippen LogP contribution in [-0.2, 0) is 6.54 Å². The summed E-state index contributed by atoms with van der Waals surface area (Å²) in [6.45, 7) is 2.85. The summed E-state index contributed by atoms with van der Waals surface area (Å²) in [5, 5.41) is 5.80. The number of halogens is 2. The summed E-state index contributed by atoms with van der Waals surface area (Å²) >= 11 is 3.30. The molecular formula is C15H15BrFN3O. The predicted molar refractivity (Wildman–Crippen MR) is 83.7 cm³/mol. The van der Waals surface area contributed by atoms with Crippen LogP contribution in [0.1, 0.15) is 22.8 Å². The average Bonchev–Trinajstić information content (AvgIpc) is 2.47. The first-order chi connectivity index (χ1) is 10.1. The van der Waals surface area contributed by atoms with Gasteiger partial charge in [-0.2, -0.15) is 0 Å². The van der Waals surface area contributed by atoms with Crippen molar-refractivity contribution in [1.29, 1.82) is 0 Å². The van der Waals surface area contributed by atoms with E-state index in [1.807, 2.05) is 6.92 Å². The third-order valence-electron chi connectivity index (χ3n) is 2.79. The van der Waals surface area contributed by atoms with Crippen LogP contribution >= 0.6 is 15.9 Å². The lowest BCUT2D eigenvalue weighted by Gasteiger charge is -2.10. The van der Waals surface area contributed by atoms with E-state index in [4.69, 9.17) is 0 Å². The number of carbonyl (C=O) groups is 1. The zero-order valence-corrected chi connectivity index (χ0v) is 13.1. The fourth-order valence-corrected chi connectivity index (χ4v) is 2.18. The molecule has 0 spiro atoms. The monoisotopic (exact) mass is 351 g/mol. The van der Waals surface area contributed by atoms with Crippen LogP contribution in [0.3, 0.4) is 0 Å². The Labute approximate surface area is 130 Å². The Morgan fingerprint density at radius 1 is 1.38 bits per heavy atom. The Balaban J connectivity index is 2.11. The van der Waals surface area contributed by atoms with Gasteiger partial charge in [0.2, 0.25) is 0 Å². The van der Waals surface area contributed by atoms with Crippen LogP contribution in [0, 0.1) is 5.82 Å². The normalized spacial score (nSPS) is 10.2. The quantitative estimate of drug-likeness (QED) is 0.868. The zero-order chi connectivity index (χ0) is 15.2. The SMILES string of the molecule is CCNc1ncc(Br)cc1C(=O)NCc1cccc(F)c1. The summed E-state index contributed by atoms with van der Waals surface area (Å²) in [7, 11) is 0. The fraction of sp³-hybridized carbons (Fsp3) is 0.200. The first-order valence-corrected chi connectivity index (χ1v) is 7.31. The maximum atomic E-state index is 13.1. The number of pyridine rings is 1. The highest BCUT2D eigenvalue weighted by Crippen LogP contribution is 2.18. The number of hydrogen-bond acceptors (Lipinski definition) is 3. The Morgan fingerprint density at radius 2 is 2.19 bits per heavy atom. The van der Waals surface area contributed by atoms with Crippen molar-refractivity contribution >= 4 is 27.7 Å². The number of benzene rings is 1. The standard InChI is InChI=1S/C15H15BrFN3O/c1-2-18-14-13(7-11(16)9-19-14)15(21)20-8-10-4-3-5-12(17)6-10/h3-7,9H,2,8H2,1H3,(H,18,19)(H,20,21). The van der Waals surface area contributed by atoms with Gasteiger partial charge in [-0.05, 0) is 46.6 Å². The molecule has 0 saturated heterocycles. The highest BCUT2D eigenvalue weighted by molar-refractivity contribution is 9.10. The van der Waals surface area contributed by atoms with Crippen LogP contribution in [0.5, 0.6) is 0 Å². The van der Waals surface area contributed by atoms with Crippen LogP contribution in [0.15, 0.2) is 41.0 Å². The van der Waals surface area contributed by atoms with Gasteiger partial charge in [-0.15, -0.1) is 0 Å². The van der Waals surface area contributed by atoms with Crippen molar-refractivity contribution in [3.8, 4) is 0 Å². The summed E-state index contributed by atoms with van der Waals surface area (Å²) in [6, 6.07) is 7.83. The van der Waals surface area contributed by atoms with Crippen molar-refractivity contribution in [2.75, 3.05) is 11.9 Å². The summed E-state index contributed by atoms with van der Waals surface area (Å²) in [4.78, 5) is 16.4. The van der Waals surface area contributed by atoms with E-state index >= 15 is 0 Å². The van der Waals surface area contributed by atoms with Crippen LogP contribution in [0.25, 0.3) is 0 Å². The van der Waals surface area contributed by atoms with E-state index in [0.717, 1.165) is 4.47 Å². The molecule has 0 fully saturated rings. The molecule has 0 aliphatic carbocycles. The minimum atomic E-state index is -0.320. The molecule has 0 aliphatic rings. The molecule has 2 N–H and O–H groups in total. The molecule has 4 nitrogen and oxygen atoms in total. The summed E-state index contributed by atoms with van der Waals surface area (Å²) in [5.41, 5.74) is 1.15. The van der Waals surface area contributed by atoms with E-state index in [1.54, 1.807) is 24.4 Å². The molecule has 2 aromatic rings. The van der Waals surface area contributed by atoms with Crippen molar-refractivity contribution in [3.05, 3.63) is 57.9 Å². The van der Waals surface area contributed by atoms with Gasteiger partial charge in [0.05, 0.1) is 5.56 Å². The lowest BCUT2D eigenvalue weighted by molar-refractivity contribution is 0.0951. The molecule has 0 saturated carbocycles. The number of aromatic nitrogens is 1. The highest BCUT2D eigenvalue weighted by atomic mass is 79.9. The fourth-order valence-electron chi connectivity index (χ4n) is 1.85. The molecule has 2 rings (SSSR count). The molecular weight excluding hydrogens is 337 g/mol. The average molecular weight is 352 g/mol. The first-order valence-electron chi connectivity index (χ1n) is 6.52. The summed E-state index contributed by atoms with van der Waals surface area (Å²) < 4.78 is 13.8. The molecule has 0 radical (unpaired) electrons. The van der Waals surface area contributed by atoms with Crippen LogP contribution in [0.4, 0.5) is 10.2 Å². The van der Waals surface area contributed by atoms with Gasteiger partial charge < -0.3 is 10.6 Å². The van der Waals surface area contributed by atoms with Gasteiger partial charge in [-0.1, -0.05) is 12.1 Å². The first kappa shape index (κ1) is 15.4. The number of amides is 1. The smallest absolute Gasteiger partial charge is 0.255 e. The van der Waals surface area contributed by atoms with Gasteiger partial charge in [0, 0.05) is 23.8 Å². The van der Waals surface area contributed by atoms with Crippen LogP contribution in [0.2, 0.25) is 0 Å². The van der Waals surface area contributed by atoms with E-state index in [2.05, 4.69) is 31.5 Å². The molecule has 0 bridgehead atoms. The van der Waals surface area contributed by atoms with E-state index in [1.165, 1.54) is 12.1 Å². The molecule has 1 aromatic carbocycles. The van der Waals surface area contributed by atoms with Gasteiger partial charge >= 0.3 is 0 Å². The molecule has 1 heterocycles. The van der Waals surface area contributed by atoms with Gasteiger partial charge in [0.15, 0.2) is 0 Å². The number of nitrogens with one attached hydrogen (secondary N) is 2. The number of hydrogen-bond donors (Lipinski definition) is 2. The molecule has 21 heavy (non-hydrogen) atoms. The van der Waals surface area contributed by atoms with E-state index in [-0.39, 0.29) is 18.3 Å². The largest absolute Gasteiger partial charge is 0.370 e. The maximum absolute atomic E-state index is 13.1. The van der Waals surface area contributed by atoms with E-state index in [0.29, 0.717) is 23.5 Å². The van der Waals surface area contributed by atoms with Crippen LogP contribution in [-0.4, -0.2) is 17.4 Å². The second kappa shape index (κ2) is 7.17. The third-order valence-corrected chi connectivity index (χ3v) is 3.22. The number of anilines is 1. The summed E-state index contributed by atoms with van der Waals surface area (Å²) in [5.74, 6) is -0.0549. The summed E-state index contributed by atoms with van der Waals surface area (Å²) in [6.07, 6.45) is 1.63. The van der Waals surface area contributed by atoms with Gasteiger partial charge in [-0.3, -0.25) is 4.79 Å². The lowest BCUT2D eigenvalue weighted by Crippen LogP contribution is -2.24. The van der Waals surface area contributed by atoms with Gasteiger partial charge in [0.25, 0.3) is 5.91 Å². The Morgan fingerprint density at radius 3 is 2.90 bits per heavy atom. The molecule has 6 heteroatoms.